The monoisotopic (exact) mass is 363 g/mol. The van der Waals surface area contributed by atoms with E-state index in [9.17, 15) is 10.1 Å². The lowest BCUT2D eigenvalue weighted by atomic mass is 10.1. The molecule has 3 aromatic rings. The molecule has 0 radical (unpaired) electrons. The molecule has 0 saturated carbocycles. The van der Waals surface area contributed by atoms with Gasteiger partial charge in [0.2, 0.25) is 11.6 Å². The molecule has 3 rings (SSSR count). The molecule has 0 aliphatic heterocycles. The molecule has 0 unspecified atom stereocenters. The third kappa shape index (κ3) is 3.72. The zero-order valence-corrected chi connectivity index (χ0v) is 15.5. The first-order valence-corrected chi connectivity index (χ1v) is 8.68. The normalized spacial score (nSPS) is 10.5. The molecular weight excluding hydrogens is 342 g/mol. The maximum absolute atomic E-state index is 11.9. The van der Waals surface area contributed by atoms with Crippen molar-refractivity contribution in [1.29, 1.82) is 0 Å². The van der Waals surface area contributed by atoms with E-state index in [1.54, 1.807) is 4.90 Å². The van der Waals surface area contributed by atoms with Gasteiger partial charge in [-0.15, -0.1) is 0 Å². The fourth-order valence-electron chi connectivity index (χ4n) is 2.90. The topological polar surface area (TPSA) is 84.2 Å². The van der Waals surface area contributed by atoms with E-state index in [0.717, 1.165) is 22.5 Å². The molecule has 0 aliphatic rings. The average Bonchev–Trinajstić information content (AvgIpc) is 2.67. The summed E-state index contributed by atoms with van der Waals surface area (Å²) in [4.78, 5) is 21.6. The van der Waals surface area contributed by atoms with Crippen LogP contribution in [0.2, 0.25) is 0 Å². The maximum atomic E-state index is 11.9. The van der Waals surface area contributed by atoms with E-state index in [-0.39, 0.29) is 17.3 Å². The van der Waals surface area contributed by atoms with Gasteiger partial charge >= 0.3 is 5.69 Å². The van der Waals surface area contributed by atoms with Crippen LogP contribution in [0.25, 0.3) is 0 Å². The highest BCUT2D eigenvalue weighted by Gasteiger charge is 2.27. The SMILES string of the molecule is CCN(c1ccccc1)c1ncnc(Nc2cccc(C)c2C)c1[N+](=O)[O-]. The minimum absolute atomic E-state index is 0.149. The van der Waals surface area contributed by atoms with Gasteiger partial charge in [0.1, 0.15) is 6.33 Å². The molecule has 1 aromatic heterocycles. The number of hydrogen-bond acceptors (Lipinski definition) is 6. The second-order valence-corrected chi connectivity index (χ2v) is 6.10. The number of nitro groups is 1. The van der Waals surface area contributed by atoms with Crippen molar-refractivity contribution < 1.29 is 4.92 Å². The molecule has 27 heavy (non-hydrogen) atoms. The Morgan fingerprint density at radius 2 is 1.81 bits per heavy atom. The summed E-state index contributed by atoms with van der Waals surface area (Å²) >= 11 is 0. The number of aryl methyl sites for hydroxylation is 1. The van der Waals surface area contributed by atoms with Crippen LogP contribution in [0.15, 0.2) is 54.9 Å². The smallest absolute Gasteiger partial charge is 0.334 e. The maximum Gasteiger partial charge on any atom is 0.354 e. The average molecular weight is 363 g/mol. The highest BCUT2D eigenvalue weighted by Crippen LogP contribution is 2.37. The predicted molar refractivity (Wildman–Crippen MR) is 107 cm³/mol. The van der Waals surface area contributed by atoms with Crippen LogP contribution in [0.5, 0.6) is 0 Å². The molecule has 0 saturated heterocycles. The van der Waals surface area contributed by atoms with Crippen LogP contribution < -0.4 is 10.2 Å². The summed E-state index contributed by atoms with van der Waals surface area (Å²) in [7, 11) is 0. The highest BCUT2D eigenvalue weighted by atomic mass is 16.6. The molecule has 0 amide bonds. The van der Waals surface area contributed by atoms with Gasteiger partial charge < -0.3 is 10.2 Å². The number of benzene rings is 2. The van der Waals surface area contributed by atoms with Crippen molar-refractivity contribution in [3.05, 3.63) is 76.1 Å². The quantitative estimate of drug-likeness (QED) is 0.495. The Morgan fingerprint density at radius 3 is 2.48 bits per heavy atom. The van der Waals surface area contributed by atoms with Gasteiger partial charge in [0.05, 0.1) is 4.92 Å². The summed E-state index contributed by atoms with van der Waals surface area (Å²) in [5, 5.41) is 15.0. The van der Waals surface area contributed by atoms with E-state index in [2.05, 4.69) is 15.3 Å². The molecule has 138 valence electrons. The van der Waals surface area contributed by atoms with Gasteiger partial charge in [-0.1, -0.05) is 30.3 Å². The molecule has 0 bridgehead atoms. The lowest BCUT2D eigenvalue weighted by Gasteiger charge is -2.22. The molecular formula is C20H21N5O2. The molecule has 2 aromatic carbocycles. The van der Waals surface area contributed by atoms with Gasteiger partial charge in [0.25, 0.3) is 0 Å². The summed E-state index contributed by atoms with van der Waals surface area (Å²) in [5.41, 5.74) is 3.58. The van der Waals surface area contributed by atoms with Crippen molar-refractivity contribution in [3.63, 3.8) is 0 Å². The van der Waals surface area contributed by atoms with E-state index in [0.29, 0.717) is 6.54 Å². The van der Waals surface area contributed by atoms with Crippen LogP contribution in [0.1, 0.15) is 18.1 Å². The Bertz CT molecular complexity index is 960. The molecule has 0 atom stereocenters. The fourth-order valence-corrected chi connectivity index (χ4v) is 2.90. The first kappa shape index (κ1) is 18.3. The van der Waals surface area contributed by atoms with Gasteiger partial charge in [0.15, 0.2) is 0 Å². The highest BCUT2D eigenvalue weighted by molar-refractivity contribution is 5.78. The zero-order valence-electron chi connectivity index (χ0n) is 15.5. The molecule has 1 N–H and O–H groups in total. The Hall–Kier alpha value is -3.48. The van der Waals surface area contributed by atoms with Gasteiger partial charge in [0, 0.05) is 17.9 Å². The van der Waals surface area contributed by atoms with Gasteiger partial charge in [-0.05, 0) is 50.1 Å². The largest absolute Gasteiger partial charge is 0.354 e. The van der Waals surface area contributed by atoms with Crippen LogP contribution in [0.4, 0.5) is 28.7 Å². The van der Waals surface area contributed by atoms with E-state index < -0.39 is 4.92 Å². The second kappa shape index (κ2) is 7.82. The number of aromatic nitrogens is 2. The summed E-state index contributed by atoms with van der Waals surface area (Å²) in [5.74, 6) is 0.435. The number of nitrogens with one attached hydrogen (secondary N) is 1. The standard InChI is InChI=1S/C20H21N5O2/c1-4-24(16-10-6-5-7-11-16)20-18(25(26)27)19(21-13-22-20)23-17-12-8-9-14(2)15(17)3/h5-13H,4H2,1-3H3,(H,21,22,23). The van der Waals surface area contributed by atoms with Gasteiger partial charge in [-0.3, -0.25) is 10.1 Å². The number of anilines is 4. The number of hydrogen-bond donors (Lipinski definition) is 1. The summed E-state index contributed by atoms with van der Waals surface area (Å²) in [6.07, 6.45) is 1.35. The summed E-state index contributed by atoms with van der Waals surface area (Å²) in [6, 6.07) is 15.2. The van der Waals surface area contributed by atoms with E-state index >= 15 is 0 Å². The molecule has 1 heterocycles. The molecule has 0 aliphatic carbocycles. The molecule has 0 fully saturated rings. The third-order valence-corrected chi connectivity index (χ3v) is 4.48. The molecule has 0 spiro atoms. The first-order chi connectivity index (χ1) is 13.0. The lowest BCUT2D eigenvalue weighted by molar-refractivity contribution is -0.383. The van der Waals surface area contributed by atoms with E-state index in [1.807, 2.05) is 69.3 Å². The third-order valence-electron chi connectivity index (χ3n) is 4.48. The Kier molecular flexibility index (Phi) is 5.30. The number of para-hydroxylation sites is 1. The molecule has 7 heteroatoms. The zero-order chi connectivity index (χ0) is 19.4. The van der Waals surface area contributed by atoms with E-state index in [1.165, 1.54) is 6.33 Å². The van der Waals surface area contributed by atoms with E-state index in [4.69, 9.17) is 0 Å². The Labute approximate surface area is 157 Å². The lowest BCUT2D eigenvalue weighted by Crippen LogP contribution is -2.19. The number of rotatable bonds is 6. The van der Waals surface area contributed by atoms with Crippen LogP contribution in [0, 0.1) is 24.0 Å². The fraction of sp³-hybridized carbons (Fsp3) is 0.200. The summed E-state index contributed by atoms with van der Waals surface area (Å²) in [6.45, 7) is 6.42. The van der Waals surface area contributed by atoms with Crippen molar-refractivity contribution >= 4 is 28.7 Å². The minimum Gasteiger partial charge on any atom is -0.334 e. The van der Waals surface area contributed by atoms with Gasteiger partial charge in [-0.2, -0.15) is 0 Å². The Morgan fingerprint density at radius 1 is 1.07 bits per heavy atom. The predicted octanol–water partition coefficient (Wildman–Crippen LogP) is 4.90. The summed E-state index contributed by atoms with van der Waals surface area (Å²) < 4.78 is 0. The van der Waals surface area contributed by atoms with Crippen LogP contribution in [0.3, 0.4) is 0 Å². The Balaban J connectivity index is 2.10. The van der Waals surface area contributed by atoms with Crippen LogP contribution in [-0.4, -0.2) is 21.4 Å². The van der Waals surface area contributed by atoms with Crippen molar-refractivity contribution in [2.24, 2.45) is 0 Å². The van der Waals surface area contributed by atoms with Crippen molar-refractivity contribution in [3.8, 4) is 0 Å². The van der Waals surface area contributed by atoms with Crippen molar-refractivity contribution in [2.75, 3.05) is 16.8 Å². The number of nitrogens with zero attached hydrogens (tertiary/aromatic N) is 4. The first-order valence-electron chi connectivity index (χ1n) is 8.68. The van der Waals surface area contributed by atoms with Gasteiger partial charge in [-0.25, -0.2) is 9.97 Å². The van der Waals surface area contributed by atoms with Crippen LogP contribution in [-0.2, 0) is 0 Å². The minimum atomic E-state index is -0.436. The molecule has 7 nitrogen and oxygen atoms in total. The van der Waals surface area contributed by atoms with Crippen LogP contribution >= 0.6 is 0 Å². The van der Waals surface area contributed by atoms with Crippen molar-refractivity contribution in [1.82, 2.24) is 9.97 Å². The van der Waals surface area contributed by atoms with Crippen molar-refractivity contribution in [2.45, 2.75) is 20.8 Å². The second-order valence-electron chi connectivity index (χ2n) is 6.10.